The van der Waals surface area contributed by atoms with Crippen molar-refractivity contribution in [3.63, 3.8) is 0 Å². The van der Waals surface area contributed by atoms with E-state index in [4.69, 9.17) is 0 Å². The normalized spacial score (nSPS) is 12.1. The quantitative estimate of drug-likeness (QED) is 0.444. The van der Waals surface area contributed by atoms with Crippen molar-refractivity contribution in [1.82, 2.24) is 4.98 Å². The van der Waals surface area contributed by atoms with Crippen LogP contribution in [0.2, 0.25) is 0 Å². The lowest BCUT2D eigenvalue weighted by Gasteiger charge is -2.21. The van der Waals surface area contributed by atoms with Gasteiger partial charge in [-0.1, -0.05) is 69.3 Å². The molecule has 0 saturated heterocycles. The Balaban J connectivity index is 2.20. The Morgan fingerprint density at radius 1 is 0.750 bits per heavy atom. The van der Waals surface area contributed by atoms with Crippen molar-refractivity contribution in [2.75, 3.05) is 0 Å². The van der Waals surface area contributed by atoms with Crippen LogP contribution in [-0.2, 0) is 5.41 Å². The van der Waals surface area contributed by atoms with Gasteiger partial charge in [0.2, 0.25) is 0 Å². The first-order valence-corrected chi connectivity index (χ1v) is 8.29. The Hall–Kier alpha value is -2.74. The fourth-order valence-corrected chi connectivity index (χ4v) is 3.49. The maximum absolute atomic E-state index is 10.7. The van der Waals surface area contributed by atoms with Gasteiger partial charge in [-0.15, -0.1) is 0 Å². The van der Waals surface area contributed by atoms with Crippen molar-refractivity contribution in [3.8, 4) is 16.9 Å². The number of phenolic OH excluding ortho intramolecular Hbond substituents is 1. The van der Waals surface area contributed by atoms with Gasteiger partial charge in [0.15, 0.2) is 0 Å². The lowest BCUT2D eigenvalue weighted by atomic mass is 9.85. The van der Waals surface area contributed by atoms with Crippen LogP contribution in [-0.4, -0.2) is 10.1 Å². The van der Waals surface area contributed by atoms with E-state index in [9.17, 15) is 5.11 Å². The summed E-state index contributed by atoms with van der Waals surface area (Å²) in [4.78, 5) is 3.58. The second kappa shape index (κ2) is 5.13. The van der Waals surface area contributed by atoms with Crippen molar-refractivity contribution in [1.29, 1.82) is 0 Å². The van der Waals surface area contributed by atoms with Crippen LogP contribution in [0.25, 0.3) is 32.8 Å². The van der Waals surface area contributed by atoms with E-state index < -0.39 is 0 Å². The molecule has 120 valence electrons. The fraction of sp³-hybridized carbons (Fsp3) is 0.182. The lowest BCUT2D eigenvalue weighted by Crippen LogP contribution is -2.13. The molecule has 3 aromatic carbocycles. The Labute approximate surface area is 141 Å². The number of phenols is 1. The van der Waals surface area contributed by atoms with E-state index in [0.29, 0.717) is 5.75 Å². The zero-order chi connectivity index (χ0) is 16.9. The molecule has 24 heavy (non-hydrogen) atoms. The predicted octanol–water partition coefficient (Wildman–Crippen LogP) is 5.99. The van der Waals surface area contributed by atoms with Gasteiger partial charge in [-0.3, -0.25) is 0 Å². The molecule has 0 aliphatic rings. The highest BCUT2D eigenvalue weighted by Crippen LogP contribution is 2.45. The Bertz CT molecular complexity index is 1050. The molecule has 0 radical (unpaired) electrons. The average molecular weight is 315 g/mol. The first-order valence-electron chi connectivity index (χ1n) is 8.29. The van der Waals surface area contributed by atoms with E-state index in [1.807, 2.05) is 30.3 Å². The maximum Gasteiger partial charge on any atom is 0.124 e. The van der Waals surface area contributed by atoms with Crippen LogP contribution in [0.3, 0.4) is 0 Å². The number of aromatic nitrogens is 1. The number of rotatable bonds is 1. The molecule has 2 N–H and O–H groups in total. The van der Waals surface area contributed by atoms with Crippen LogP contribution in [0.5, 0.6) is 5.75 Å². The molecule has 0 aliphatic carbocycles. The molecular weight excluding hydrogens is 294 g/mol. The Morgan fingerprint density at radius 3 is 2.17 bits per heavy atom. The summed E-state index contributed by atoms with van der Waals surface area (Å²) < 4.78 is 0. The summed E-state index contributed by atoms with van der Waals surface area (Å²) in [5, 5.41) is 14.1. The summed E-state index contributed by atoms with van der Waals surface area (Å²) in [5.74, 6) is 0.323. The molecule has 4 aromatic rings. The van der Waals surface area contributed by atoms with Crippen molar-refractivity contribution in [3.05, 3.63) is 66.4 Å². The van der Waals surface area contributed by atoms with Crippen LogP contribution in [0.15, 0.2) is 60.7 Å². The van der Waals surface area contributed by atoms with Gasteiger partial charge >= 0.3 is 0 Å². The minimum atomic E-state index is -0.0578. The molecule has 0 unspecified atom stereocenters. The fourth-order valence-electron chi connectivity index (χ4n) is 3.49. The first kappa shape index (κ1) is 14.8. The number of aromatic amines is 1. The average Bonchev–Trinajstić information content (AvgIpc) is 2.94. The molecule has 2 heteroatoms. The second-order valence-electron chi connectivity index (χ2n) is 7.35. The van der Waals surface area contributed by atoms with Crippen molar-refractivity contribution >= 4 is 21.7 Å². The van der Waals surface area contributed by atoms with E-state index >= 15 is 0 Å². The third-order valence-electron chi connectivity index (χ3n) is 4.61. The number of benzene rings is 3. The molecule has 0 bridgehead atoms. The number of hydrogen-bond donors (Lipinski definition) is 2. The van der Waals surface area contributed by atoms with Crippen molar-refractivity contribution in [2.24, 2.45) is 0 Å². The monoisotopic (exact) mass is 315 g/mol. The van der Waals surface area contributed by atoms with Gasteiger partial charge in [0, 0.05) is 33.1 Å². The minimum absolute atomic E-state index is 0.0578. The smallest absolute Gasteiger partial charge is 0.124 e. The summed E-state index contributed by atoms with van der Waals surface area (Å²) in [6, 6.07) is 20.3. The molecule has 1 heterocycles. The van der Waals surface area contributed by atoms with Gasteiger partial charge in [-0.2, -0.15) is 0 Å². The van der Waals surface area contributed by atoms with Gasteiger partial charge in [0.25, 0.3) is 0 Å². The van der Waals surface area contributed by atoms with Gasteiger partial charge in [-0.25, -0.2) is 0 Å². The van der Waals surface area contributed by atoms with E-state index in [2.05, 4.69) is 50.0 Å². The first-order chi connectivity index (χ1) is 11.5. The third-order valence-corrected chi connectivity index (χ3v) is 4.61. The standard InChI is InChI=1S/C22H21NO/c1-22(2,3)21-20(16-10-6-7-11-17(16)23-21)19-15-9-5-4-8-14(15)12-13-18(19)24/h4-13,23-24H,1-3H3. The van der Waals surface area contributed by atoms with Gasteiger partial charge in [0.05, 0.1) is 0 Å². The number of aromatic hydroxyl groups is 1. The molecule has 2 nitrogen and oxygen atoms in total. The summed E-state index contributed by atoms with van der Waals surface area (Å²) in [6.45, 7) is 6.59. The molecule has 0 atom stereocenters. The largest absolute Gasteiger partial charge is 0.507 e. The number of H-pyrrole nitrogens is 1. The number of nitrogens with one attached hydrogen (secondary N) is 1. The van der Waals surface area contributed by atoms with Crippen LogP contribution >= 0.6 is 0 Å². The number of hydrogen-bond acceptors (Lipinski definition) is 1. The highest BCUT2D eigenvalue weighted by molar-refractivity contribution is 6.08. The SMILES string of the molecule is CC(C)(C)c1[nH]c2ccccc2c1-c1c(O)ccc2ccccc12. The van der Waals surface area contributed by atoms with Gasteiger partial charge in [0.1, 0.15) is 5.75 Å². The summed E-state index contributed by atoms with van der Waals surface area (Å²) in [7, 11) is 0. The summed E-state index contributed by atoms with van der Waals surface area (Å²) in [6.07, 6.45) is 0. The molecule has 0 fully saturated rings. The highest BCUT2D eigenvalue weighted by Gasteiger charge is 2.25. The molecule has 0 aliphatic heterocycles. The van der Waals surface area contributed by atoms with E-state index in [1.165, 1.54) is 0 Å². The van der Waals surface area contributed by atoms with E-state index in [-0.39, 0.29) is 5.41 Å². The maximum atomic E-state index is 10.7. The summed E-state index contributed by atoms with van der Waals surface area (Å²) >= 11 is 0. The molecule has 1 aromatic heterocycles. The topological polar surface area (TPSA) is 36.0 Å². The Kier molecular flexibility index (Phi) is 3.17. The van der Waals surface area contributed by atoms with Gasteiger partial charge in [-0.05, 0) is 22.9 Å². The van der Waals surface area contributed by atoms with Crippen molar-refractivity contribution < 1.29 is 5.11 Å². The molecule has 0 spiro atoms. The number of para-hydroxylation sites is 1. The molecule has 4 rings (SSSR count). The zero-order valence-corrected chi connectivity index (χ0v) is 14.2. The highest BCUT2D eigenvalue weighted by atomic mass is 16.3. The van der Waals surface area contributed by atoms with Crippen LogP contribution in [0.1, 0.15) is 26.5 Å². The summed E-state index contributed by atoms with van der Waals surface area (Å²) in [5.41, 5.74) is 4.21. The lowest BCUT2D eigenvalue weighted by molar-refractivity contribution is 0.478. The van der Waals surface area contributed by atoms with E-state index in [0.717, 1.165) is 38.5 Å². The zero-order valence-electron chi connectivity index (χ0n) is 14.2. The number of fused-ring (bicyclic) bond motifs is 2. The molecule has 0 amide bonds. The third kappa shape index (κ3) is 2.18. The van der Waals surface area contributed by atoms with Crippen LogP contribution < -0.4 is 0 Å². The van der Waals surface area contributed by atoms with Crippen LogP contribution in [0, 0.1) is 0 Å². The van der Waals surface area contributed by atoms with Gasteiger partial charge < -0.3 is 10.1 Å². The van der Waals surface area contributed by atoms with E-state index in [1.54, 1.807) is 6.07 Å². The minimum Gasteiger partial charge on any atom is -0.507 e. The predicted molar refractivity (Wildman–Crippen MR) is 102 cm³/mol. The molecule has 0 saturated carbocycles. The van der Waals surface area contributed by atoms with Crippen LogP contribution in [0.4, 0.5) is 0 Å². The van der Waals surface area contributed by atoms with Crippen molar-refractivity contribution in [2.45, 2.75) is 26.2 Å². The Morgan fingerprint density at radius 2 is 1.42 bits per heavy atom. The molecular formula is C22H21NO. The second-order valence-corrected chi connectivity index (χ2v) is 7.35.